The quantitative estimate of drug-likeness (QED) is 0.562. The molecule has 2 aliphatic carbocycles. The molecule has 3 rings (SSSR count). The summed E-state index contributed by atoms with van der Waals surface area (Å²) < 4.78 is 5.20. The number of fused-ring (bicyclic) bond motifs is 2. The number of methoxy groups -OCH3 is 1. The minimum Gasteiger partial charge on any atom is -0.495 e. The van der Waals surface area contributed by atoms with Crippen LogP contribution in [-0.4, -0.2) is 7.11 Å². The van der Waals surface area contributed by atoms with Gasteiger partial charge in [0, 0.05) is 15.9 Å². The third-order valence-electron chi connectivity index (χ3n) is 5.00. The fourth-order valence-electron chi connectivity index (χ4n) is 4.00. The van der Waals surface area contributed by atoms with Gasteiger partial charge in [-0.25, -0.2) is 0 Å². The van der Waals surface area contributed by atoms with Crippen LogP contribution in [0.2, 0.25) is 10.0 Å². The van der Waals surface area contributed by atoms with Crippen LogP contribution in [0.4, 0.5) is 0 Å². The van der Waals surface area contributed by atoms with Crippen molar-refractivity contribution in [3.8, 4) is 5.75 Å². The summed E-state index contributed by atoms with van der Waals surface area (Å²) in [5.74, 6) is 3.40. The van der Waals surface area contributed by atoms with Gasteiger partial charge in [-0.15, -0.1) is 0 Å². The normalized spacial score (nSPS) is 29.7. The minimum absolute atomic E-state index is 0.280. The van der Waals surface area contributed by atoms with E-state index in [0.717, 1.165) is 34.8 Å². The first-order chi connectivity index (χ1) is 9.58. The Morgan fingerprint density at radius 2 is 2.05 bits per heavy atom. The van der Waals surface area contributed by atoms with Crippen molar-refractivity contribution in [2.24, 2.45) is 17.8 Å². The van der Waals surface area contributed by atoms with E-state index in [4.69, 9.17) is 27.9 Å². The lowest BCUT2D eigenvalue weighted by atomic mass is 9.84. The summed E-state index contributed by atoms with van der Waals surface area (Å²) in [5, 5.41) is 1.36. The molecule has 4 heteroatoms. The molecule has 1 aromatic carbocycles. The predicted molar refractivity (Wildman–Crippen MR) is 88.2 cm³/mol. The van der Waals surface area contributed by atoms with Crippen molar-refractivity contribution >= 4 is 39.1 Å². The fourth-order valence-corrected chi connectivity index (χ4v) is 5.52. The average molecular weight is 378 g/mol. The van der Waals surface area contributed by atoms with Crippen molar-refractivity contribution < 1.29 is 4.74 Å². The van der Waals surface area contributed by atoms with Gasteiger partial charge in [0.15, 0.2) is 0 Å². The minimum atomic E-state index is 0.280. The third-order valence-corrected chi connectivity index (χ3v) is 6.49. The van der Waals surface area contributed by atoms with Crippen LogP contribution in [0.3, 0.4) is 0 Å². The molecule has 4 unspecified atom stereocenters. The summed E-state index contributed by atoms with van der Waals surface area (Å²) in [6, 6.07) is 3.75. The molecule has 110 valence electrons. The van der Waals surface area contributed by atoms with Gasteiger partial charge in [-0.05, 0) is 55.1 Å². The summed E-state index contributed by atoms with van der Waals surface area (Å²) in [6.07, 6.45) is 6.87. The van der Waals surface area contributed by atoms with Crippen molar-refractivity contribution in [2.75, 3.05) is 7.11 Å². The molecule has 2 fully saturated rings. The van der Waals surface area contributed by atoms with E-state index in [9.17, 15) is 0 Å². The molecule has 1 aromatic rings. The fraction of sp³-hybridized carbons (Fsp3) is 0.625. The van der Waals surface area contributed by atoms with Gasteiger partial charge in [0.25, 0.3) is 0 Å². The Kier molecular flexibility index (Phi) is 4.54. The molecule has 0 spiro atoms. The largest absolute Gasteiger partial charge is 0.495 e. The van der Waals surface area contributed by atoms with Crippen LogP contribution in [0.25, 0.3) is 0 Å². The molecule has 1 nitrogen and oxygen atoms in total. The highest BCUT2D eigenvalue weighted by Gasteiger charge is 2.40. The maximum atomic E-state index is 6.37. The maximum Gasteiger partial charge on any atom is 0.138 e. The first-order valence-corrected chi connectivity index (χ1v) is 8.92. The van der Waals surface area contributed by atoms with Crippen LogP contribution in [-0.2, 0) is 0 Å². The summed E-state index contributed by atoms with van der Waals surface area (Å²) >= 11 is 16.4. The lowest BCUT2D eigenvalue weighted by molar-refractivity contribution is 0.314. The van der Waals surface area contributed by atoms with E-state index in [0.29, 0.717) is 10.8 Å². The summed E-state index contributed by atoms with van der Waals surface area (Å²) in [5.41, 5.74) is 1.08. The highest BCUT2D eigenvalue weighted by Crippen LogP contribution is 2.52. The van der Waals surface area contributed by atoms with Crippen LogP contribution in [0.15, 0.2) is 12.1 Å². The predicted octanol–water partition coefficient (Wildman–Crippen LogP) is 6.26. The van der Waals surface area contributed by atoms with Crippen LogP contribution in [0.1, 0.15) is 42.5 Å². The topological polar surface area (TPSA) is 9.23 Å². The van der Waals surface area contributed by atoms with Crippen molar-refractivity contribution in [2.45, 2.75) is 36.9 Å². The van der Waals surface area contributed by atoms with E-state index < -0.39 is 0 Å². The first-order valence-electron chi connectivity index (χ1n) is 7.25. The number of rotatable bonds is 4. The molecule has 0 aliphatic heterocycles. The zero-order valence-electron chi connectivity index (χ0n) is 11.5. The Labute approximate surface area is 139 Å². The molecule has 2 aliphatic rings. The van der Waals surface area contributed by atoms with Crippen LogP contribution >= 0.6 is 39.1 Å². The van der Waals surface area contributed by atoms with Gasteiger partial charge >= 0.3 is 0 Å². The molecule has 2 bridgehead atoms. The van der Waals surface area contributed by atoms with Crippen LogP contribution < -0.4 is 4.74 Å². The smallest absolute Gasteiger partial charge is 0.138 e. The monoisotopic (exact) mass is 376 g/mol. The molecule has 20 heavy (non-hydrogen) atoms. The number of hydrogen-bond donors (Lipinski definition) is 0. The zero-order chi connectivity index (χ0) is 14.3. The Hall–Kier alpha value is 0.0800. The second-order valence-electron chi connectivity index (χ2n) is 6.15. The molecular formula is C16H19BrCl2O. The summed E-state index contributed by atoms with van der Waals surface area (Å²) in [7, 11) is 1.61. The molecule has 0 amide bonds. The van der Waals surface area contributed by atoms with E-state index in [1.54, 1.807) is 7.11 Å². The van der Waals surface area contributed by atoms with Crippen molar-refractivity contribution in [3.63, 3.8) is 0 Å². The highest BCUT2D eigenvalue weighted by molar-refractivity contribution is 9.09. The van der Waals surface area contributed by atoms with E-state index in [1.807, 2.05) is 12.1 Å². The molecule has 0 saturated heterocycles. The van der Waals surface area contributed by atoms with E-state index >= 15 is 0 Å². The molecule has 4 atom stereocenters. The number of ether oxygens (including phenoxy) is 1. The standard InChI is InChI=1S/C16H19BrCl2O/c1-20-16-8-14(18)12(7-15(16)19)13(17)6-11-5-9-2-3-10(11)4-9/h7-11,13H,2-6H2,1H3. The second kappa shape index (κ2) is 6.06. The molecule has 0 heterocycles. The number of halogens is 3. The van der Waals surface area contributed by atoms with Gasteiger partial charge in [-0.3, -0.25) is 0 Å². The van der Waals surface area contributed by atoms with Gasteiger partial charge in [0.05, 0.1) is 12.1 Å². The maximum absolute atomic E-state index is 6.37. The Bertz CT molecular complexity index is 505. The van der Waals surface area contributed by atoms with Crippen molar-refractivity contribution in [1.29, 1.82) is 0 Å². The lowest BCUT2D eigenvalue weighted by Crippen LogP contribution is -2.12. The third kappa shape index (κ3) is 2.84. The Morgan fingerprint density at radius 3 is 2.65 bits per heavy atom. The molecule has 0 radical (unpaired) electrons. The first kappa shape index (κ1) is 15.0. The Balaban J connectivity index is 1.74. The van der Waals surface area contributed by atoms with Crippen molar-refractivity contribution in [3.05, 3.63) is 27.7 Å². The van der Waals surface area contributed by atoms with E-state index in [1.165, 1.54) is 25.7 Å². The van der Waals surface area contributed by atoms with Gasteiger partial charge in [0.2, 0.25) is 0 Å². The highest BCUT2D eigenvalue weighted by atomic mass is 79.9. The molecule has 0 N–H and O–H groups in total. The number of benzene rings is 1. The molecular weight excluding hydrogens is 359 g/mol. The average Bonchev–Trinajstić information content (AvgIpc) is 3.03. The molecule has 0 aromatic heterocycles. The van der Waals surface area contributed by atoms with Crippen molar-refractivity contribution in [1.82, 2.24) is 0 Å². The second-order valence-corrected chi connectivity index (χ2v) is 8.07. The van der Waals surface area contributed by atoms with Gasteiger partial charge < -0.3 is 4.74 Å². The molecule has 2 saturated carbocycles. The van der Waals surface area contributed by atoms with Gasteiger partial charge in [-0.1, -0.05) is 45.6 Å². The van der Waals surface area contributed by atoms with E-state index in [2.05, 4.69) is 15.9 Å². The summed E-state index contributed by atoms with van der Waals surface area (Å²) in [4.78, 5) is 0.280. The van der Waals surface area contributed by atoms with E-state index in [-0.39, 0.29) is 4.83 Å². The number of hydrogen-bond acceptors (Lipinski definition) is 1. The van der Waals surface area contributed by atoms with Crippen LogP contribution in [0.5, 0.6) is 5.75 Å². The SMILES string of the molecule is COc1cc(Cl)c(C(Br)CC2CC3CCC2C3)cc1Cl. The Morgan fingerprint density at radius 1 is 1.25 bits per heavy atom. The zero-order valence-corrected chi connectivity index (χ0v) is 14.6. The number of alkyl halides is 1. The summed E-state index contributed by atoms with van der Waals surface area (Å²) in [6.45, 7) is 0. The van der Waals surface area contributed by atoms with Gasteiger partial charge in [-0.2, -0.15) is 0 Å². The lowest BCUT2D eigenvalue weighted by Gasteiger charge is -2.24. The van der Waals surface area contributed by atoms with Gasteiger partial charge in [0.1, 0.15) is 5.75 Å². The van der Waals surface area contributed by atoms with Crippen LogP contribution in [0, 0.1) is 17.8 Å².